The van der Waals surface area contributed by atoms with Crippen molar-refractivity contribution >= 4 is 17.3 Å². The molecule has 2 rings (SSSR count). The number of carboxylic acid groups (broad SMARTS) is 1. The normalized spacial score (nSPS) is 10.2. The Morgan fingerprint density at radius 3 is 2.95 bits per heavy atom. The first-order chi connectivity index (χ1) is 9.67. The van der Waals surface area contributed by atoms with Crippen molar-refractivity contribution < 1.29 is 19.4 Å². The summed E-state index contributed by atoms with van der Waals surface area (Å²) in [6, 6.07) is 7.40. The van der Waals surface area contributed by atoms with Crippen molar-refractivity contribution in [1.29, 1.82) is 0 Å². The Bertz CT molecular complexity index is 582. The van der Waals surface area contributed by atoms with Gasteiger partial charge in [0.15, 0.2) is 0 Å². The Morgan fingerprint density at radius 1 is 1.40 bits per heavy atom. The Morgan fingerprint density at radius 2 is 2.20 bits per heavy atom. The summed E-state index contributed by atoms with van der Waals surface area (Å²) < 4.78 is 10.7. The summed E-state index contributed by atoms with van der Waals surface area (Å²) in [7, 11) is 1.61. The largest absolute Gasteiger partial charge is 0.497 e. The van der Waals surface area contributed by atoms with Crippen LogP contribution in [0.1, 0.15) is 10.7 Å². The van der Waals surface area contributed by atoms with Crippen LogP contribution in [0.4, 0.5) is 0 Å². The van der Waals surface area contributed by atoms with E-state index in [0.717, 1.165) is 16.5 Å². The van der Waals surface area contributed by atoms with E-state index >= 15 is 0 Å². The van der Waals surface area contributed by atoms with Gasteiger partial charge in [-0.3, -0.25) is 4.79 Å². The van der Waals surface area contributed by atoms with Crippen LogP contribution in [0.3, 0.4) is 0 Å². The molecule has 1 N–H and O–H groups in total. The van der Waals surface area contributed by atoms with Gasteiger partial charge < -0.3 is 14.6 Å². The summed E-state index contributed by atoms with van der Waals surface area (Å²) in [4.78, 5) is 14.8. The van der Waals surface area contributed by atoms with Crippen LogP contribution >= 0.6 is 11.3 Å². The number of hydrogen-bond acceptors (Lipinski definition) is 5. The number of hydrogen-bond donors (Lipinski definition) is 1. The Balaban J connectivity index is 1.83. The number of benzene rings is 1. The molecule has 0 bridgehead atoms. The predicted octanol–water partition coefficient (Wildman–Crippen LogP) is 2.40. The molecule has 106 valence electrons. The summed E-state index contributed by atoms with van der Waals surface area (Å²) in [6.07, 6.45) is 0.620. The molecule has 5 nitrogen and oxygen atoms in total. The molecule has 2 aromatic rings. The summed E-state index contributed by atoms with van der Waals surface area (Å²) in [6.45, 7) is 0.493. The smallest absolute Gasteiger partial charge is 0.309 e. The maximum absolute atomic E-state index is 10.6. The van der Waals surface area contributed by atoms with Gasteiger partial charge >= 0.3 is 5.97 Å². The zero-order chi connectivity index (χ0) is 14.4. The van der Waals surface area contributed by atoms with E-state index in [4.69, 9.17) is 14.6 Å². The van der Waals surface area contributed by atoms with Gasteiger partial charge in [-0.2, -0.15) is 0 Å². The van der Waals surface area contributed by atoms with E-state index in [0.29, 0.717) is 18.7 Å². The van der Waals surface area contributed by atoms with Gasteiger partial charge in [-0.05, 0) is 12.1 Å². The van der Waals surface area contributed by atoms with E-state index in [1.807, 2.05) is 24.3 Å². The number of rotatable bonds is 7. The molecule has 0 radical (unpaired) electrons. The zero-order valence-electron chi connectivity index (χ0n) is 11.0. The summed E-state index contributed by atoms with van der Waals surface area (Å²) in [5.74, 6) is 0.627. The molecule has 0 saturated heterocycles. The number of aromatic nitrogens is 1. The number of carbonyl (C=O) groups is 1. The second-order valence-electron chi connectivity index (χ2n) is 4.08. The summed E-state index contributed by atoms with van der Waals surface area (Å²) in [5.41, 5.74) is 0.596. The van der Waals surface area contributed by atoms with Crippen molar-refractivity contribution in [2.24, 2.45) is 0 Å². The molecule has 0 atom stereocenters. The van der Waals surface area contributed by atoms with Crippen LogP contribution in [-0.4, -0.2) is 29.8 Å². The molecule has 20 heavy (non-hydrogen) atoms. The molecule has 0 fully saturated rings. The highest BCUT2D eigenvalue weighted by Crippen LogP contribution is 2.19. The molecular weight excluding hydrogens is 278 g/mol. The number of methoxy groups -OCH3 is 1. The molecule has 0 unspecified atom stereocenters. The summed E-state index contributed by atoms with van der Waals surface area (Å²) in [5, 5.41) is 11.3. The van der Waals surface area contributed by atoms with Gasteiger partial charge in [0.2, 0.25) is 0 Å². The number of aliphatic carboxylic acids is 1. The van der Waals surface area contributed by atoms with Crippen molar-refractivity contribution in [1.82, 2.24) is 4.98 Å². The highest BCUT2D eigenvalue weighted by Gasteiger charge is 2.06. The lowest BCUT2D eigenvalue weighted by Crippen LogP contribution is -2.03. The van der Waals surface area contributed by atoms with Crippen LogP contribution in [0.5, 0.6) is 11.5 Å². The molecule has 1 aromatic heterocycles. The molecule has 6 heteroatoms. The lowest BCUT2D eigenvalue weighted by Gasteiger charge is -2.06. The number of carboxylic acids is 1. The predicted molar refractivity (Wildman–Crippen MR) is 75.6 cm³/mol. The minimum absolute atomic E-state index is 0.0345. The van der Waals surface area contributed by atoms with Crippen LogP contribution in [0, 0.1) is 0 Å². The van der Waals surface area contributed by atoms with Gasteiger partial charge in [0.1, 0.15) is 11.5 Å². The van der Waals surface area contributed by atoms with E-state index in [-0.39, 0.29) is 6.42 Å². The SMILES string of the molecule is COc1cccc(OCCc2nc(CC(=O)O)cs2)c1. The van der Waals surface area contributed by atoms with Crippen LogP contribution in [0.2, 0.25) is 0 Å². The minimum atomic E-state index is -0.866. The lowest BCUT2D eigenvalue weighted by molar-refractivity contribution is -0.136. The van der Waals surface area contributed by atoms with Gasteiger partial charge in [-0.1, -0.05) is 6.07 Å². The van der Waals surface area contributed by atoms with Crippen LogP contribution in [0.25, 0.3) is 0 Å². The van der Waals surface area contributed by atoms with Crippen molar-refractivity contribution in [2.75, 3.05) is 13.7 Å². The third-order valence-electron chi connectivity index (χ3n) is 2.56. The van der Waals surface area contributed by atoms with E-state index in [1.165, 1.54) is 11.3 Å². The van der Waals surface area contributed by atoms with Gasteiger partial charge in [0.25, 0.3) is 0 Å². The summed E-state index contributed by atoms with van der Waals surface area (Å²) >= 11 is 1.46. The molecule has 0 aliphatic rings. The highest BCUT2D eigenvalue weighted by molar-refractivity contribution is 7.09. The second-order valence-corrected chi connectivity index (χ2v) is 5.02. The van der Waals surface area contributed by atoms with Crippen molar-refractivity contribution in [3.8, 4) is 11.5 Å². The maximum atomic E-state index is 10.6. The van der Waals surface area contributed by atoms with Crippen LogP contribution < -0.4 is 9.47 Å². The molecule has 0 aliphatic carbocycles. The lowest BCUT2D eigenvalue weighted by atomic mass is 10.3. The number of thiazole rings is 1. The molecular formula is C14H15NO4S. The molecule has 0 amide bonds. The molecule has 0 saturated carbocycles. The molecule has 1 heterocycles. The minimum Gasteiger partial charge on any atom is -0.497 e. The fraction of sp³-hybridized carbons (Fsp3) is 0.286. The Labute approximate surface area is 120 Å². The Kier molecular flexibility index (Phi) is 4.95. The van der Waals surface area contributed by atoms with E-state index in [9.17, 15) is 4.79 Å². The average Bonchev–Trinajstić information content (AvgIpc) is 2.86. The van der Waals surface area contributed by atoms with E-state index in [2.05, 4.69) is 4.98 Å². The Hall–Kier alpha value is -2.08. The van der Waals surface area contributed by atoms with E-state index in [1.54, 1.807) is 12.5 Å². The van der Waals surface area contributed by atoms with Gasteiger partial charge in [-0.15, -0.1) is 11.3 Å². The first-order valence-corrected chi connectivity index (χ1v) is 6.97. The monoisotopic (exact) mass is 293 g/mol. The maximum Gasteiger partial charge on any atom is 0.309 e. The number of ether oxygens (including phenoxy) is 2. The topological polar surface area (TPSA) is 68.7 Å². The zero-order valence-corrected chi connectivity index (χ0v) is 11.9. The van der Waals surface area contributed by atoms with Crippen LogP contribution in [-0.2, 0) is 17.6 Å². The van der Waals surface area contributed by atoms with Crippen LogP contribution in [0.15, 0.2) is 29.6 Å². The first kappa shape index (κ1) is 14.3. The van der Waals surface area contributed by atoms with E-state index < -0.39 is 5.97 Å². The second kappa shape index (κ2) is 6.91. The van der Waals surface area contributed by atoms with Gasteiger partial charge in [0, 0.05) is 17.9 Å². The van der Waals surface area contributed by atoms with Crippen molar-refractivity contribution in [3.05, 3.63) is 40.3 Å². The van der Waals surface area contributed by atoms with Crippen molar-refractivity contribution in [2.45, 2.75) is 12.8 Å². The quantitative estimate of drug-likeness (QED) is 0.849. The standard InChI is InChI=1S/C14H15NO4S/c1-18-11-3-2-4-12(8-11)19-6-5-13-15-10(9-20-13)7-14(16)17/h2-4,8-9H,5-7H2,1H3,(H,16,17). The highest BCUT2D eigenvalue weighted by atomic mass is 32.1. The average molecular weight is 293 g/mol. The van der Waals surface area contributed by atoms with Gasteiger partial charge in [0.05, 0.1) is 30.8 Å². The van der Waals surface area contributed by atoms with Crippen molar-refractivity contribution in [3.63, 3.8) is 0 Å². The third kappa shape index (κ3) is 4.24. The third-order valence-corrected chi connectivity index (χ3v) is 3.51. The first-order valence-electron chi connectivity index (χ1n) is 6.09. The molecule has 0 aliphatic heterocycles. The fourth-order valence-electron chi connectivity index (χ4n) is 1.65. The fourth-order valence-corrected chi connectivity index (χ4v) is 2.43. The molecule has 1 aromatic carbocycles. The molecule has 0 spiro atoms. The van der Waals surface area contributed by atoms with Gasteiger partial charge in [-0.25, -0.2) is 4.98 Å². The number of nitrogens with zero attached hydrogens (tertiary/aromatic N) is 1.